The first kappa shape index (κ1) is 27.2. The minimum atomic E-state index is 0. The van der Waals surface area contributed by atoms with E-state index in [0.29, 0.717) is 18.2 Å². The maximum absolute atomic E-state index is 12.2. The maximum Gasteiger partial charge on any atom is 0.253 e. The Bertz CT molecular complexity index is 743. The fourth-order valence-electron chi connectivity index (χ4n) is 3.54. The van der Waals surface area contributed by atoms with Crippen molar-refractivity contribution in [2.45, 2.75) is 46.1 Å². The second-order valence-electron chi connectivity index (χ2n) is 8.31. The summed E-state index contributed by atoms with van der Waals surface area (Å²) in [6, 6.07) is 8.06. The van der Waals surface area contributed by atoms with Gasteiger partial charge in [0.15, 0.2) is 5.96 Å². The predicted octanol–water partition coefficient (Wildman–Crippen LogP) is 2.75. The number of aliphatic imine (C=N–C) groups is 1. The molecule has 2 rings (SSSR count). The van der Waals surface area contributed by atoms with Gasteiger partial charge in [-0.3, -0.25) is 14.6 Å². The molecule has 31 heavy (non-hydrogen) atoms. The molecule has 1 saturated heterocycles. The fourth-order valence-corrected chi connectivity index (χ4v) is 3.54. The Balaban J connectivity index is 0.00000480. The average Bonchev–Trinajstić information content (AvgIpc) is 2.73. The van der Waals surface area contributed by atoms with Gasteiger partial charge in [0.05, 0.1) is 0 Å². The van der Waals surface area contributed by atoms with Crippen molar-refractivity contribution in [3.63, 3.8) is 0 Å². The van der Waals surface area contributed by atoms with Crippen molar-refractivity contribution < 1.29 is 9.59 Å². The number of rotatable bonds is 7. The lowest BCUT2D eigenvalue weighted by atomic mass is 10.0. The first-order chi connectivity index (χ1) is 14.3. The van der Waals surface area contributed by atoms with Crippen LogP contribution in [0, 0.1) is 5.92 Å². The van der Waals surface area contributed by atoms with Crippen molar-refractivity contribution in [1.82, 2.24) is 20.4 Å². The Hall–Kier alpha value is -1.84. The molecule has 0 spiro atoms. The Kier molecular flexibility index (Phi) is 11.9. The Morgan fingerprint density at radius 2 is 1.90 bits per heavy atom. The number of benzene rings is 1. The molecule has 1 heterocycles. The maximum atomic E-state index is 12.2. The number of carbonyl (C=O) groups excluding carboxylic acids is 2. The summed E-state index contributed by atoms with van der Waals surface area (Å²) in [5, 5.41) is 6.83. The Labute approximate surface area is 204 Å². The number of piperidine rings is 1. The molecule has 1 aromatic rings. The van der Waals surface area contributed by atoms with Gasteiger partial charge in [-0.25, -0.2) is 0 Å². The molecular weight excluding hydrogens is 505 g/mol. The summed E-state index contributed by atoms with van der Waals surface area (Å²) in [5.41, 5.74) is 1.80. The van der Waals surface area contributed by atoms with Gasteiger partial charge < -0.3 is 20.4 Å². The zero-order valence-electron chi connectivity index (χ0n) is 19.5. The summed E-state index contributed by atoms with van der Waals surface area (Å²) in [6.45, 7) is 8.98. The topological polar surface area (TPSA) is 77.0 Å². The Morgan fingerprint density at radius 1 is 1.23 bits per heavy atom. The number of likely N-dealkylation sites (tertiary alicyclic amines) is 1. The highest BCUT2D eigenvalue weighted by Crippen LogP contribution is 2.13. The number of amides is 2. The summed E-state index contributed by atoms with van der Waals surface area (Å²) in [4.78, 5) is 32.6. The summed E-state index contributed by atoms with van der Waals surface area (Å²) in [5.74, 6) is 1.12. The van der Waals surface area contributed by atoms with E-state index in [9.17, 15) is 9.59 Å². The second-order valence-corrected chi connectivity index (χ2v) is 8.31. The fraction of sp³-hybridized carbons (Fsp3) is 0.609. The molecule has 2 N–H and O–H groups in total. The normalized spacial score (nSPS) is 14.8. The van der Waals surface area contributed by atoms with Gasteiger partial charge in [-0.15, -0.1) is 24.0 Å². The molecule has 1 aliphatic heterocycles. The lowest BCUT2D eigenvalue weighted by Gasteiger charge is -2.34. The van der Waals surface area contributed by atoms with E-state index in [1.54, 1.807) is 19.0 Å². The molecule has 8 heteroatoms. The average molecular weight is 543 g/mol. The smallest absolute Gasteiger partial charge is 0.253 e. The second kappa shape index (κ2) is 13.5. The van der Waals surface area contributed by atoms with E-state index in [0.717, 1.165) is 50.4 Å². The van der Waals surface area contributed by atoms with Crippen LogP contribution in [0.1, 0.15) is 49.5 Å². The van der Waals surface area contributed by atoms with Gasteiger partial charge in [-0.05, 0) is 43.9 Å². The van der Waals surface area contributed by atoms with Gasteiger partial charge in [-0.2, -0.15) is 0 Å². The Morgan fingerprint density at radius 3 is 2.48 bits per heavy atom. The van der Waals surface area contributed by atoms with E-state index in [2.05, 4.69) is 17.6 Å². The minimum Gasteiger partial charge on any atom is -0.357 e. The molecule has 1 fully saturated rings. The molecule has 0 atom stereocenters. The third-order valence-corrected chi connectivity index (χ3v) is 5.24. The van der Waals surface area contributed by atoms with Crippen LogP contribution in [0.4, 0.5) is 0 Å². The molecule has 0 radical (unpaired) electrons. The van der Waals surface area contributed by atoms with Crippen LogP contribution in [0.25, 0.3) is 0 Å². The monoisotopic (exact) mass is 543 g/mol. The van der Waals surface area contributed by atoms with E-state index in [1.807, 2.05) is 43.0 Å². The van der Waals surface area contributed by atoms with Crippen LogP contribution < -0.4 is 10.6 Å². The third-order valence-electron chi connectivity index (χ3n) is 5.24. The van der Waals surface area contributed by atoms with Crippen molar-refractivity contribution in [3.05, 3.63) is 35.4 Å². The van der Waals surface area contributed by atoms with Crippen LogP contribution in [0.15, 0.2) is 29.3 Å². The molecule has 0 aromatic heterocycles. The summed E-state index contributed by atoms with van der Waals surface area (Å²) in [6.07, 6.45) is 2.63. The largest absolute Gasteiger partial charge is 0.357 e. The van der Waals surface area contributed by atoms with Gasteiger partial charge in [0.25, 0.3) is 5.91 Å². The zero-order chi connectivity index (χ0) is 22.1. The number of hydrogen-bond acceptors (Lipinski definition) is 3. The van der Waals surface area contributed by atoms with Gasteiger partial charge in [0.2, 0.25) is 5.91 Å². The van der Waals surface area contributed by atoms with E-state index >= 15 is 0 Å². The minimum absolute atomic E-state index is 0. The van der Waals surface area contributed by atoms with Crippen molar-refractivity contribution in [1.29, 1.82) is 0 Å². The number of halogens is 1. The number of carbonyl (C=O) groups is 2. The quantitative estimate of drug-likeness (QED) is 0.315. The van der Waals surface area contributed by atoms with Crippen LogP contribution in [-0.2, 0) is 11.2 Å². The first-order valence-electron chi connectivity index (χ1n) is 11.0. The molecule has 0 bridgehead atoms. The van der Waals surface area contributed by atoms with E-state index < -0.39 is 0 Å². The van der Waals surface area contributed by atoms with Crippen molar-refractivity contribution in [3.8, 4) is 0 Å². The summed E-state index contributed by atoms with van der Waals surface area (Å²) in [7, 11) is 3.52. The van der Waals surface area contributed by atoms with Crippen molar-refractivity contribution >= 4 is 41.8 Å². The number of hydrogen-bond donors (Lipinski definition) is 2. The van der Waals surface area contributed by atoms with E-state index in [4.69, 9.17) is 4.99 Å². The number of guanidine groups is 1. The van der Waals surface area contributed by atoms with E-state index in [-0.39, 0.29) is 41.7 Å². The first-order valence-corrected chi connectivity index (χ1v) is 11.0. The molecule has 1 aliphatic rings. The van der Waals surface area contributed by atoms with Gasteiger partial charge in [0, 0.05) is 57.8 Å². The highest BCUT2D eigenvalue weighted by atomic mass is 127. The van der Waals surface area contributed by atoms with Crippen LogP contribution in [0.2, 0.25) is 0 Å². The molecular formula is C23H38IN5O2. The molecule has 2 amide bonds. The van der Waals surface area contributed by atoms with Gasteiger partial charge in [0.1, 0.15) is 0 Å². The third kappa shape index (κ3) is 8.66. The highest BCUT2D eigenvalue weighted by molar-refractivity contribution is 14.0. The number of nitrogens with one attached hydrogen (secondary N) is 2. The molecule has 0 aliphatic carbocycles. The predicted molar refractivity (Wildman–Crippen MR) is 137 cm³/mol. The van der Waals surface area contributed by atoms with Crippen LogP contribution >= 0.6 is 24.0 Å². The van der Waals surface area contributed by atoms with Crippen molar-refractivity contribution in [2.75, 3.05) is 40.3 Å². The van der Waals surface area contributed by atoms with E-state index in [1.165, 1.54) is 0 Å². The molecule has 7 nitrogen and oxygen atoms in total. The SMILES string of the molecule is CCNC(=NCCc1cccc(C(=O)N(C)C)c1)NC1CCN(C(=O)C(C)C)CC1.I. The van der Waals surface area contributed by atoms with Crippen LogP contribution in [0.3, 0.4) is 0 Å². The zero-order valence-corrected chi connectivity index (χ0v) is 21.8. The summed E-state index contributed by atoms with van der Waals surface area (Å²) >= 11 is 0. The molecule has 0 saturated carbocycles. The van der Waals surface area contributed by atoms with Crippen LogP contribution in [0.5, 0.6) is 0 Å². The number of nitrogens with zero attached hydrogens (tertiary/aromatic N) is 3. The van der Waals surface area contributed by atoms with Crippen molar-refractivity contribution in [2.24, 2.45) is 10.9 Å². The lowest BCUT2D eigenvalue weighted by molar-refractivity contribution is -0.135. The summed E-state index contributed by atoms with van der Waals surface area (Å²) < 4.78 is 0. The molecule has 0 unspecified atom stereocenters. The van der Waals surface area contributed by atoms with Gasteiger partial charge >= 0.3 is 0 Å². The highest BCUT2D eigenvalue weighted by Gasteiger charge is 2.24. The van der Waals surface area contributed by atoms with Crippen LogP contribution in [-0.4, -0.2) is 73.9 Å². The molecule has 174 valence electrons. The standard InChI is InChI=1S/C23H37N5O2.HI/c1-6-24-23(26-20-11-14-28(15-12-20)21(29)17(2)3)25-13-10-18-8-7-9-19(16-18)22(30)27(4)5;/h7-9,16-17,20H,6,10-15H2,1-5H3,(H2,24,25,26);1H. The van der Waals surface area contributed by atoms with Gasteiger partial charge in [-0.1, -0.05) is 26.0 Å². The molecule has 1 aromatic carbocycles. The lowest BCUT2D eigenvalue weighted by Crippen LogP contribution is -2.50.